The molecule has 0 aliphatic carbocycles. The fourth-order valence-corrected chi connectivity index (χ4v) is 2.32. The van der Waals surface area contributed by atoms with E-state index >= 15 is 0 Å². The summed E-state index contributed by atoms with van der Waals surface area (Å²) in [5.41, 5.74) is 3.07. The summed E-state index contributed by atoms with van der Waals surface area (Å²) in [7, 11) is 0. The van der Waals surface area contributed by atoms with E-state index in [9.17, 15) is 4.79 Å². The molecule has 0 fully saturated rings. The van der Waals surface area contributed by atoms with E-state index in [0.29, 0.717) is 12.1 Å². The molecule has 7 nitrogen and oxygen atoms in total. The Kier molecular flexibility index (Phi) is 4.18. The number of aromatic nitrogens is 5. The number of nitrogens with one attached hydrogen (secondary N) is 2. The quantitative estimate of drug-likeness (QED) is 0.750. The van der Waals surface area contributed by atoms with Gasteiger partial charge in [-0.3, -0.25) is 9.89 Å². The highest BCUT2D eigenvalue weighted by atomic mass is 16.2. The Morgan fingerprint density at radius 2 is 2.13 bits per heavy atom. The summed E-state index contributed by atoms with van der Waals surface area (Å²) in [5, 5.41) is 17.9. The van der Waals surface area contributed by atoms with Gasteiger partial charge in [0.15, 0.2) is 5.69 Å². The van der Waals surface area contributed by atoms with Crippen molar-refractivity contribution in [3.63, 3.8) is 0 Å². The van der Waals surface area contributed by atoms with E-state index in [1.54, 1.807) is 10.9 Å². The molecule has 7 heteroatoms. The zero-order valence-corrected chi connectivity index (χ0v) is 13.0. The molecule has 23 heavy (non-hydrogen) atoms. The minimum absolute atomic E-state index is 0.0490. The number of para-hydroxylation sites is 1. The van der Waals surface area contributed by atoms with Crippen molar-refractivity contribution in [2.45, 2.75) is 26.3 Å². The average molecular weight is 310 g/mol. The van der Waals surface area contributed by atoms with Gasteiger partial charge in [0.2, 0.25) is 0 Å². The molecule has 1 amide bonds. The van der Waals surface area contributed by atoms with Crippen LogP contribution in [0.5, 0.6) is 0 Å². The van der Waals surface area contributed by atoms with Gasteiger partial charge in [-0.1, -0.05) is 23.4 Å². The summed E-state index contributed by atoms with van der Waals surface area (Å²) < 4.78 is 1.58. The maximum absolute atomic E-state index is 12.2. The Bertz CT molecular complexity index is 792. The predicted molar refractivity (Wildman–Crippen MR) is 85.3 cm³/mol. The second-order valence-electron chi connectivity index (χ2n) is 5.50. The Morgan fingerprint density at radius 3 is 2.83 bits per heavy atom. The van der Waals surface area contributed by atoms with E-state index in [1.807, 2.05) is 50.2 Å². The Labute approximate surface area is 133 Å². The van der Waals surface area contributed by atoms with Crippen LogP contribution in [0, 0.1) is 6.92 Å². The molecule has 3 aromatic rings. The fourth-order valence-electron chi connectivity index (χ4n) is 2.32. The van der Waals surface area contributed by atoms with Gasteiger partial charge in [-0.05, 0) is 32.0 Å². The topological polar surface area (TPSA) is 88.5 Å². The molecule has 0 saturated heterocycles. The summed E-state index contributed by atoms with van der Waals surface area (Å²) >= 11 is 0. The van der Waals surface area contributed by atoms with Gasteiger partial charge in [0, 0.05) is 18.2 Å². The number of benzene rings is 1. The van der Waals surface area contributed by atoms with E-state index in [0.717, 1.165) is 17.1 Å². The third-order valence-corrected chi connectivity index (χ3v) is 3.40. The Balaban J connectivity index is 1.63. The summed E-state index contributed by atoms with van der Waals surface area (Å²) in [5.74, 6) is -0.244. The number of carbonyl (C=O) groups excluding carboxylic acids is 1. The van der Waals surface area contributed by atoms with Crippen molar-refractivity contribution < 1.29 is 4.79 Å². The van der Waals surface area contributed by atoms with Crippen molar-refractivity contribution in [3.8, 4) is 5.69 Å². The van der Waals surface area contributed by atoms with Crippen LogP contribution >= 0.6 is 0 Å². The van der Waals surface area contributed by atoms with Gasteiger partial charge in [-0.25, -0.2) is 4.68 Å². The molecule has 0 aliphatic heterocycles. The highest BCUT2D eigenvalue weighted by Crippen LogP contribution is 2.06. The molecule has 0 bridgehead atoms. The lowest BCUT2D eigenvalue weighted by Gasteiger charge is -2.10. The van der Waals surface area contributed by atoms with Crippen molar-refractivity contribution in [1.29, 1.82) is 0 Å². The van der Waals surface area contributed by atoms with Gasteiger partial charge in [0.05, 0.1) is 17.6 Å². The normalized spacial score (nSPS) is 12.1. The van der Waals surface area contributed by atoms with Crippen LogP contribution in [0.1, 0.15) is 28.8 Å². The van der Waals surface area contributed by atoms with Crippen LogP contribution < -0.4 is 5.32 Å². The third-order valence-electron chi connectivity index (χ3n) is 3.40. The number of nitrogens with zero attached hydrogens (tertiary/aromatic N) is 4. The standard InChI is InChI=1S/C16H18N6O/c1-11(8-13-9-12(2)18-19-13)17-16(23)15-10-22(21-20-15)14-6-4-3-5-7-14/h3-7,9-11H,8H2,1-2H3,(H,17,23)(H,18,19). The summed E-state index contributed by atoms with van der Waals surface area (Å²) in [4.78, 5) is 12.2. The number of aromatic amines is 1. The minimum Gasteiger partial charge on any atom is -0.348 e. The molecule has 3 rings (SSSR count). The van der Waals surface area contributed by atoms with Gasteiger partial charge in [0.25, 0.3) is 5.91 Å². The molecule has 1 atom stereocenters. The second-order valence-corrected chi connectivity index (χ2v) is 5.50. The molecular weight excluding hydrogens is 292 g/mol. The number of hydrogen-bond acceptors (Lipinski definition) is 4. The molecule has 0 radical (unpaired) electrons. The first kappa shape index (κ1) is 15.0. The van der Waals surface area contributed by atoms with Gasteiger partial charge in [0.1, 0.15) is 0 Å². The van der Waals surface area contributed by atoms with Crippen molar-refractivity contribution in [2.75, 3.05) is 0 Å². The van der Waals surface area contributed by atoms with Gasteiger partial charge in [-0.15, -0.1) is 5.10 Å². The van der Waals surface area contributed by atoms with Crippen molar-refractivity contribution in [3.05, 3.63) is 59.7 Å². The van der Waals surface area contributed by atoms with Crippen LogP contribution in [0.3, 0.4) is 0 Å². The lowest BCUT2D eigenvalue weighted by atomic mass is 10.1. The smallest absolute Gasteiger partial charge is 0.273 e. The number of carbonyl (C=O) groups is 1. The molecule has 0 aliphatic rings. The molecular formula is C16H18N6O. The number of amides is 1. The van der Waals surface area contributed by atoms with Crippen LogP contribution in [-0.2, 0) is 6.42 Å². The predicted octanol–water partition coefficient (Wildman–Crippen LogP) is 1.66. The van der Waals surface area contributed by atoms with E-state index in [2.05, 4.69) is 25.8 Å². The lowest BCUT2D eigenvalue weighted by molar-refractivity contribution is 0.0935. The van der Waals surface area contributed by atoms with E-state index in [1.165, 1.54) is 0 Å². The van der Waals surface area contributed by atoms with Crippen molar-refractivity contribution >= 4 is 5.91 Å². The Hall–Kier alpha value is -2.96. The molecule has 2 N–H and O–H groups in total. The largest absolute Gasteiger partial charge is 0.348 e. The maximum Gasteiger partial charge on any atom is 0.273 e. The summed E-state index contributed by atoms with van der Waals surface area (Å²) in [6, 6.07) is 11.5. The molecule has 1 aromatic carbocycles. The molecule has 118 valence electrons. The van der Waals surface area contributed by atoms with E-state index in [4.69, 9.17) is 0 Å². The highest BCUT2D eigenvalue weighted by Gasteiger charge is 2.15. The second kappa shape index (κ2) is 6.43. The number of H-pyrrole nitrogens is 1. The zero-order valence-electron chi connectivity index (χ0n) is 13.0. The zero-order chi connectivity index (χ0) is 16.2. The number of aryl methyl sites for hydroxylation is 1. The SMILES string of the molecule is Cc1cc(CC(C)NC(=O)c2cn(-c3ccccc3)nn2)n[nH]1. The van der Waals surface area contributed by atoms with E-state index < -0.39 is 0 Å². The molecule has 1 unspecified atom stereocenters. The highest BCUT2D eigenvalue weighted by molar-refractivity contribution is 5.92. The molecule has 0 spiro atoms. The van der Waals surface area contributed by atoms with Crippen molar-refractivity contribution in [1.82, 2.24) is 30.5 Å². The summed E-state index contributed by atoms with van der Waals surface area (Å²) in [6.45, 7) is 3.88. The number of hydrogen-bond donors (Lipinski definition) is 2. The lowest BCUT2D eigenvalue weighted by Crippen LogP contribution is -2.34. The van der Waals surface area contributed by atoms with Crippen LogP contribution in [0.15, 0.2) is 42.6 Å². The fraction of sp³-hybridized carbons (Fsp3) is 0.250. The van der Waals surface area contributed by atoms with Gasteiger partial charge in [-0.2, -0.15) is 5.10 Å². The first-order chi connectivity index (χ1) is 11.1. The van der Waals surface area contributed by atoms with Crippen LogP contribution in [0.2, 0.25) is 0 Å². The van der Waals surface area contributed by atoms with Gasteiger partial charge < -0.3 is 5.32 Å². The maximum atomic E-state index is 12.2. The molecule has 2 heterocycles. The average Bonchev–Trinajstić information content (AvgIpc) is 3.17. The Morgan fingerprint density at radius 1 is 1.35 bits per heavy atom. The van der Waals surface area contributed by atoms with Crippen LogP contribution in [0.25, 0.3) is 5.69 Å². The molecule has 2 aromatic heterocycles. The third kappa shape index (κ3) is 3.63. The first-order valence-electron chi connectivity index (χ1n) is 7.41. The summed E-state index contributed by atoms with van der Waals surface area (Å²) in [6.07, 6.45) is 2.28. The number of rotatable bonds is 5. The van der Waals surface area contributed by atoms with E-state index in [-0.39, 0.29) is 11.9 Å². The van der Waals surface area contributed by atoms with Crippen LogP contribution in [-0.4, -0.2) is 37.1 Å². The van der Waals surface area contributed by atoms with Crippen LogP contribution in [0.4, 0.5) is 0 Å². The van der Waals surface area contributed by atoms with Gasteiger partial charge >= 0.3 is 0 Å². The first-order valence-corrected chi connectivity index (χ1v) is 7.41. The minimum atomic E-state index is -0.244. The van der Waals surface area contributed by atoms with Crippen molar-refractivity contribution in [2.24, 2.45) is 0 Å². The molecule has 0 saturated carbocycles. The monoisotopic (exact) mass is 310 g/mol.